The summed E-state index contributed by atoms with van der Waals surface area (Å²) >= 11 is 19.3. The van der Waals surface area contributed by atoms with Crippen LogP contribution in [0.1, 0.15) is 17.2 Å². The summed E-state index contributed by atoms with van der Waals surface area (Å²) < 4.78 is 2.11. The van der Waals surface area contributed by atoms with Gasteiger partial charge in [0.15, 0.2) is 0 Å². The van der Waals surface area contributed by atoms with Crippen molar-refractivity contribution < 1.29 is 0 Å². The highest BCUT2D eigenvalue weighted by atomic mass is 79.9. The van der Waals surface area contributed by atoms with Crippen LogP contribution < -0.4 is 5.32 Å². The third-order valence-electron chi connectivity index (χ3n) is 3.13. The van der Waals surface area contributed by atoms with E-state index in [9.17, 15) is 0 Å². The predicted octanol–water partition coefficient (Wildman–Crippen LogP) is 6.02. The Bertz CT molecular complexity index is 617. The van der Waals surface area contributed by atoms with Gasteiger partial charge in [-0.1, -0.05) is 67.2 Å². The van der Waals surface area contributed by atoms with Crippen LogP contribution in [0, 0.1) is 0 Å². The van der Waals surface area contributed by atoms with Crippen molar-refractivity contribution in [2.24, 2.45) is 0 Å². The summed E-state index contributed by atoms with van der Waals surface area (Å²) in [5, 5.41) is 4.69. The lowest BCUT2D eigenvalue weighted by atomic mass is 9.99. The second-order valence-electron chi connectivity index (χ2n) is 4.45. The summed E-state index contributed by atoms with van der Waals surface area (Å²) in [6.07, 6.45) is 0.798. The minimum atomic E-state index is 0.177. The molecule has 0 aliphatic carbocycles. The van der Waals surface area contributed by atoms with E-state index in [-0.39, 0.29) is 6.04 Å². The largest absolute Gasteiger partial charge is 0.313 e. The lowest BCUT2D eigenvalue weighted by Gasteiger charge is -2.19. The van der Waals surface area contributed by atoms with Crippen molar-refractivity contribution in [2.75, 3.05) is 7.05 Å². The van der Waals surface area contributed by atoms with E-state index in [1.807, 2.05) is 31.3 Å². The molecule has 106 valence electrons. The average molecular weight is 438 g/mol. The Morgan fingerprint density at radius 3 is 2.45 bits per heavy atom. The van der Waals surface area contributed by atoms with E-state index in [1.165, 1.54) is 5.56 Å². The summed E-state index contributed by atoms with van der Waals surface area (Å²) in [5.74, 6) is 0. The van der Waals surface area contributed by atoms with E-state index in [2.05, 4.69) is 43.2 Å². The quantitative estimate of drug-likeness (QED) is 0.616. The highest BCUT2D eigenvalue weighted by Crippen LogP contribution is 2.31. The van der Waals surface area contributed by atoms with Gasteiger partial charge in [-0.3, -0.25) is 0 Å². The summed E-state index contributed by atoms with van der Waals surface area (Å²) in [5.41, 5.74) is 2.27. The minimum Gasteiger partial charge on any atom is -0.313 e. The molecular weight excluding hydrogens is 425 g/mol. The smallest absolute Gasteiger partial charge is 0.0453 e. The highest BCUT2D eigenvalue weighted by molar-refractivity contribution is 9.11. The van der Waals surface area contributed by atoms with Gasteiger partial charge >= 0.3 is 0 Å². The van der Waals surface area contributed by atoms with Gasteiger partial charge in [-0.15, -0.1) is 0 Å². The van der Waals surface area contributed by atoms with Crippen LogP contribution in [0.2, 0.25) is 10.0 Å². The fraction of sp³-hybridized carbons (Fsp3) is 0.200. The summed E-state index contributed by atoms with van der Waals surface area (Å²) in [6, 6.07) is 12.0. The van der Waals surface area contributed by atoms with Crippen molar-refractivity contribution in [3.05, 3.63) is 66.5 Å². The van der Waals surface area contributed by atoms with Crippen molar-refractivity contribution in [1.29, 1.82) is 0 Å². The van der Waals surface area contributed by atoms with E-state index in [1.54, 1.807) is 6.07 Å². The Kier molecular flexibility index (Phi) is 5.94. The molecule has 0 aliphatic rings. The number of hydrogen-bond acceptors (Lipinski definition) is 1. The Balaban J connectivity index is 2.28. The van der Waals surface area contributed by atoms with Gasteiger partial charge in [-0.2, -0.15) is 0 Å². The Labute approximate surface area is 145 Å². The van der Waals surface area contributed by atoms with Crippen LogP contribution in [0.25, 0.3) is 0 Å². The molecule has 2 aromatic rings. The Morgan fingerprint density at radius 2 is 1.85 bits per heavy atom. The van der Waals surface area contributed by atoms with Crippen molar-refractivity contribution in [1.82, 2.24) is 5.32 Å². The molecular formula is C15H13Br2Cl2N. The van der Waals surface area contributed by atoms with Gasteiger partial charge in [0.2, 0.25) is 0 Å². The molecule has 0 heterocycles. The second-order valence-corrected chi connectivity index (χ2v) is 7.06. The third kappa shape index (κ3) is 3.99. The van der Waals surface area contributed by atoms with Gasteiger partial charge in [-0.05, 0) is 48.9 Å². The number of hydrogen-bond donors (Lipinski definition) is 1. The number of benzene rings is 2. The Hall–Kier alpha value is -0.0600. The molecule has 0 saturated carbocycles. The lowest BCUT2D eigenvalue weighted by molar-refractivity contribution is 0.590. The second kappa shape index (κ2) is 7.28. The maximum absolute atomic E-state index is 6.25. The zero-order valence-corrected chi connectivity index (χ0v) is 15.4. The fourth-order valence-electron chi connectivity index (χ4n) is 2.06. The van der Waals surface area contributed by atoms with Crippen LogP contribution in [-0.2, 0) is 6.42 Å². The molecule has 0 bridgehead atoms. The molecule has 2 rings (SSSR count). The molecule has 0 aromatic heterocycles. The van der Waals surface area contributed by atoms with Gasteiger partial charge < -0.3 is 5.32 Å². The Morgan fingerprint density at radius 1 is 1.10 bits per heavy atom. The zero-order chi connectivity index (χ0) is 14.7. The van der Waals surface area contributed by atoms with Crippen molar-refractivity contribution in [3.63, 3.8) is 0 Å². The standard InChI is InChI=1S/C15H13Br2Cl2N/c1-20-15(12-5-3-10(16)7-13(12)17)6-9-2-4-11(18)8-14(9)19/h2-5,7-8,15,20H,6H2,1H3. The first-order chi connectivity index (χ1) is 9.51. The molecule has 0 fully saturated rings. The van der Waals surface area contributed by atoms with E-state index in [0.717, 1.165) is 20.9 Å². The summed E-state index contributed by atoms with van der Waals surface area (Å²) in [4.78, 5) is 0. The SMILES string of the molecule is CNC(Cc1ccc(Cl)cc1Cl)c1ccc(Br)cc1Br. The van der Waals surface area contributed by atoms with Crippen molar-refractivity contribution in [3.8, 4) is 0 Å². The number of halogens is 4. The maximum atomic E-state index is 6.25. The first-order valence-electron chi connectivity index (χ1n) is 6.07. The van der Waals surface area contributed by atoms with E-state index < -0.39 is 0 Å². The zero-order valence-electron chi connectivity index (χ0n) is 10.8. The molecule has 0 spiro atoms. The molecule has 0 radical (unpaired) electrons. The third-order valence-corrected chi connectivity index (χ3v) is 4.89. The van der Waals surface area contributed by atoms with Crippen LogP contribution in [0.15, 0.2) is 45.3 Å². The first kappa shape index (κ1) is 16.3. The molecule has 1 nitrogen and oxygen atoms in total. The lowest BCUT2D eigenvalue weighted by Crippen LogP contribution is -2.19. The van der Waals surface area contributed by atoms with Gasteiger partial charge in [-0.25, -0.2) is 0 Å². The first-order valence-corrected chi connectivity index (χ1v) is 8.41. The molecule has 2 aromatic carbocycles. The molecule has 1 atom stereocenters. The number of rotatable bonds is 4. The molecule has 5 heteroatoms. The molecule has 0 aliphatic heterocycles. The minimum absolute atomic E-state index is 0.177. The average Bonchev–Trinajstić information content (AvgIpc) is 2.39. The fourth-order valence-corrected chi connectivity index (χ4v) is 3.87. The molecule has 0 saturated heterocycles. The molecule has 20 heavy (non-hydrogen) atoms. The van der Waals surface area contributed by atoms with E-state index in [0.29, 0.717) is 10.0 Å². The monoisotopic (exact) mass is 435 g/mol. The number of nitrogens with one attached hydrogen (secondary N) is 1. The van der Waals surface area contributed by atoms with Gasteiger partial charge in [0.1, 0.15) is 0 Å². The normalized spacial score (nSPS) is 12.4. The molecule has 0 amide bonds. The van der Waals surface area contributed by atoms with E-state index >= 15 is 0 Å². The van der Waals surface area contributed by atoms with E-state index in [4.69, 9.17) is 23.2 Å². The summed E-state index contributed by atoms with van der Waals surface area (Å²) in [6.45, 7) is 0. The van der Waals surface area contributed by atoms with Crippen molar-refractivity contribution >= 4 is 55.1 Å². The van der Waals surface area contributed by atoms with Crippen LogP contribution in [0.3, 0.4) is 0 Å². The van der Waals surface area contributed by atoms with Crippen LogP contribution in [0.4, 0.5) is 0 Å². The molecule has 1 unspecified atom stereocenters. The summed E-state index contributed by atoms with van der Waals surface area (Å²) in [7, 11) is 1.95. The van der Waals surface area contributed by atoms with Gasteiger partial charge in [0, 0.05) is 25.0 Å². The number of likely N-dealkylation sites (N-methyl/N-ethyl adjacent to an activating group) is 1. The highest BCUT2D eigenvalue weighted by Gasteiger charge is 2.15. The predicted molar refractivity (Wildman–Crippen MR) is 93.8 cm³/mol. The topological polar surface area (TPSA) is 12.0 Å². The van der Waals surface area contributed by atoms with Crippen LogP contribution in [-0.4, -0.2) is 7.05 Å². The van der Waals surface area contributed by atoms with Gasteiger partial charge in [0.25, 0.3) is 0 Å². The van der Waals surface area contributed by atoms with Gasteiger partial charge in [0.05, 0.1) is 0 Å². The maximum Gasteiger partial charge on any atom is 0.0453 e. The van der Waals surface area contributed by atoms with Crippen molar-refractivity contribution in [2.45, 2.75) is 12.5 Å². The van der Waals surface area contributed by atoms with Crippen LogP contribution >= 0.6 is 55.1 Å². The van der Waals surface area contributed by atoms with Crippen LogP contribution in [0.5, 0.6) is 0 Å². The molecule has 1 N–H and O–H groups in total.